The Hall–Kier alpha value is -2.40. The Morgan fingerprint density at radius 3 is 2.55 bits per heavy atom. The summed E-state index contributed by atoms with van der Waals surface area (Å²) in [6.45, 7) is 0.964. The molecule has 0 aliphatic heterocycles. The maximum atomic E-state index is 12.2. The summed E-state index contributed by atoms with van der Waals surface area (Å²) in [5, 5.41) is 4.34. The van der Waals surface area contributed by atoms with Gasteiger partial charge in [0.05, 0.1) is 6.54 Å². The van der Waals surface area contributed by atoms with Gasteiger partial charge in [0.2, 0.25) is 0 Å². The molecule has 0 radical (unpaired) electrons. The highest BCUT2D eigenvalue weighted by Gasteiger charge is 2.14. The lowest BCUT2D eigenvalue weighted by atomic mass is 9.99. The summed E-state index contributed by atoms with van der Waals surface area (Å²) in [5.74, 6) is 0.0822. The number of fused-ring (bicyclic) bond motifs is 1. The van der Waals surface area contributed by atoms with Crippen LogP contribution in [0.5, 0.6) is 0 Å². The molecule has 0 saturated heterocycles. The van der Waals surface area contributed by atoms with Crippen LogP contribution in [0.25, 0.3) is 5.65 Å². The van der Waals surface area contributed by atoms with Crippen molar-refractivity contribution in [2.24, 2.45) is 5.73 Å². The summed E-state index contributed by atoms with van der Waals surface area (Å²) in [6, 6.07) is 15.5. The van der Waals surface area contributed by atoms with E-state index in [4.69, 9.17) is 5.73 Å². The molecule has 0 saturated carbocycles. The van der Waals surface area contributed by atoms with Crippen LogP contribution in [-0.4, -0.2) is 20.7 Å². The molecule has 3 rings (SSSR count). The smallest absolute Gasteiger partial charge is 0.330 e. The molecule has 0 aliphatic carbocycles. The molecule has 5 nitrogen and oxygen atoms in total. The van der Waals surface area contributed by atoms with Crippen LogP contribution in [0.3, 0.4) is 0 Å². The molecule has 0 bridgehead atoms. The van der Waals surface area contributed by atoms with E-state index in [0.29, 0.717) is 18.7 Å². The van der Waals surface area contributed by atoms with Gasteiger partial charge in [-0.15, -0.1) is 5.10 Å². The van der Waals surface area contributed by atoms with Crippen molar-refractivity contribution in [3.63, 3.8) is 0 Å². The first-order valence-corrected chi connectivity index (χ1v) is 6.59. The van der Waals surface area contributed by atoms with Gasteiger partial charge in [-0.2, -0.15) is 0 Å². The van der Waals surface area contributed by atoms with Gasteiger partial charge in [0.15, 0.2) is 5.65 Å². The maximum absolute atomic E-state index is 12.2. The molecule has 1 aromatic carbocycles. The average Bonchev–Trinajstić information content (AvgIpc) is 2.82. The van der Waals surface area contributed by atoms with Crippen LogP contribution in [0.15, 0.2) is 59.5 Å². The second-order valence-electron chi connectivity index (χ2n) is 4.74. The van der Waals surface area contributed by atoms with Crippen molar-refractivity contribution in [3.8, 4) is 0 Å². The standard InChI is InChI=1S/C15H16N4O/c16-10-13(12-6-2-1-3-7-12)11-19-15(20)18-9-5-4-8-14(18)17-19/h1-9,13H,10-11,16H2. The molecule has 3 aromatic rings. The zero-order valence-corrected chi connectivity index (χ0v) is 11.0. The molecule has 1 unspecified atom stereocenters. The number of pyridine rings is 1. The number of hydrogen-bond donors (Lipinski definition) is 1. The summed E-state index contributed by atoms with van der Waals surface area (Å²) in [4.78, 5) is 12.2. The van der Waals surface area contributed by atoms with E-state index < -0.39 is 0 Å². The maximum Gasteiger partial charge on any atom is 0.350 e. The van der Waals surface area contributed by atoms with Gasteiger partial charge in [-0.1, -0.05) is 36.4 Å². The normalized spacial score (nSPS) is 12.7. The number of hydrogen-bond acceptors (Lipinski definition) is 3. The molecule has 2 aromatic heterocycles. The highest BCUT2D eigenvalue weighted by Crippen LogP contribution is 2.15. The van der Waals surface area contributed by atoms with Crippen LogP contribution < -0.4 is 11.4 Å². The Bertz CT molecular complexity index is 760. The lowest BCUT2D eigenvalue weighted by Gasteiger charge is -2.14. The van der Waals surface area contributed by atoms with E-state index in [-0.39, 0.29) is 11.6 Å². The van der Waals surface area contributed by atoms with Crippen LogP contribution in [0, 0.1) is 0 Å². The number of nitrogens with two attached hydrogens (primary N) is 1. The molecule has 2 N–H and O–H groups in total. The minimum Gasteiger partial charge on any atom is -0.330 e. The number of rotatable bonds is 4. The van der Waals surface area contributed by atoms with Crippen molar-refractivity contribution in [1.82, 2.24) is 14.2 Å². The highest BCUT2D eigenvalue weighted by molar-refractivity contribution is 5.35. The SMILES string of the molecule is NCC(Cn1nc2ccccn2c1=O)c1ccccc1. The molecule has 5 heteroatoms. The molecule has 0 amide bonds. The largest absolute Gasteiger partial charge is 0.350 e. The highest BCUT2D eigenvalue weighted by atomic mass is 16.2. The summed E-state index contributed by atoms with van der Waals surface area (Å²) < 4.78 is 3.03. The molecule has 0 aliphatic rings. The number of benzene rings is 1. The van der Waals surface area contributed by atoms with Gasteiger partial charge in [-0.25, -0.2) is 9.48 Å². The fourth-order valence-electron chi connectivity index (χ4n) is 2.34. The predicted molar refractivity (Wildman–Crippen MR) is 77.7 cm³/mol. The fraction of sp³-hybridized carbons (Fsp3) is 0.200. The predicted octanol–water partition coefficient (Wildman–Crippen LogP) is 1.24. The van der Waals surface area contributed by atoms with Crippen molar-refractivity contribution in [1.29, 1.82) is 0 Å². The Morgan fingerprint density at radius 1 is 1.10 bits per heavy atom. The molecule has 0 fully saturated rings. The molecule has 2 heterocycles. The lowest BCUT2D eigenvalue weighted by Crippen LogP contribution is -2.27. The van der Waals surface area contributed by atoms with Gasteiger partial charge < -0.3 is 5.73 Å². The van der Waals surface area contributed by atoms with E-state index >= 15 is 0 Å². The molecule has 102 valence electrons. The van der Waals surface area contributed by atoms with Crippen molar-refractivity contribution in [3.05, 3.63) is 70.8 Å². The van der Waals surface area contributed by atoms with Crippen molar-refractivity contribution >= 4 is 5.65 Å². The Morgan fingerprint density at radius 2 is 1.85 bits per heavy atom. The summed E-state index contributed by atoms with van der Waals surface area (Å²) in [7, 11) is 0. The van der Waals surface area contributed by atoms with Crippen LogP contribution in [0.1, 0.15) is 11.5 Å². The average molecular weight is 268 g/mol. The number of nitrogens with zero attached hydrogens (tertiary/aromatic N) is 3. The lowest BCUT2D eigenvalue weighted by molar-refractivity contribution is 0.507. The van der Waals surface area contributed by atoms with E-state index in [0.717, 1.165) is 5.56 Å². The topological polar surface area (TPSA) is 65.3 Å². The Labute approximate surface area is 116 Å². The fourth-order valence-corrected chi connectivity index (χ4v) is 2.34. The molecule has 20 heavy (non-hydrogen) atoms. The minimum absolute atomic E-state index is 0.0822. The number of aromatic nitrogens is 3. The summed E-state index contributed by atoms with van der Waals surface area (Å²) in [5.41, 5.74) is 7.50. The first-order chi connectivity index (χ1) is 9.79. The third kappa shape index (κ3) is 2.23. The molecule has 1 atom stereocenters. The third-order valence-corrected chi connectivity index (χ3v) is 3.44. The van der Waals surface area contributed by atoms with E-state index in [1.54, 1.807) is 10.6 Å². The first kappa shape index (κ1) is 12.6. The second kappa shape index (κ2) is 5.30. The quantitative estimate of drug-likeness (QED) is 0.774. The van der Waals surface area contributed by atoms with E-state index in [1.165, 1.54) is 4.68 Å². The summed E-state index contributed by atoms with van der Waals surface area (Å²) >= 11 is 0. The third-order valence-electron chi connectivity index (χ3n) is 3.44. The van der Waals surface area contributed by atoms with Crippen LogP contribution >= 0.6 is 0 Å². The molecule has 0 spiro atoms. The van der Waals surface area contributed by atoms with Gasteiger partial charge in [0.1, 0.15) is 0 Å². The first-order valence-electron chi connectivity index (χ1n) is 6.59. The van der Waals surface area contributed by atoms with Crippen LogP contribution in [0.4, 0.5) is 0 Å². The molecular formula is C15H16N4O. The van der Waals surface area contributed by atoms with Gasteiger partial charge in [-0.05, 0) is 17.7 Å². The van der Waals surface area contributed by atoms with Crippen molar-refractivity contribution < 1.29 is 0 Å². The van der Waals surface area contributed by atoms with Gasteiger partial charge in [0, 0.05) is 18.7 Å². The Balaban J connectivity index is 1.96. The van der Waals surface area contributed by atoms with Gasteiger partial charge in [0.25, 0.3) is 0 Å². The Kier molecular flexibility index (Phi) is 3.35. The zero-order valence-electron chi connectivity index (χ0n) is 11.0. The van der Waals surface area contributed by atoms with Crippen LogP contribution in [-0.2, 0) is 6.54 Å². The second-order valence-corrected chi connectivity index (χ2v) is 4.74. The van der Waals surface area contributed by atoms with Crippen LogP contribution in [0.2, 0.25) is 0 Å². The zero-order chi connectivity index (χ0) is 13.9. The molecular weight excluding hydrogens is 252 g/mol. The van der Waals surface area contributed by atoms with E-state index in [9.17, 15) is 4.79 Å². The van der Waals surface area contributed by atoms with Gasteiger partial charge in [-0.3, -0.25) is 4.40 Å². The summed E-state index contributed by atoms with van der Waals surface area (Å²) in [6.07, 6.45) is 1.72. The minimum atomic E-state index is -0.130. The van der Waals surface area contributed by atoms with E-state index in [2.05, 4.69) is 5.10 Å². The monoisotopic (exact) mass is 268 g/mol. The van der Waals surface area contributed by atoms with E-state index in [1.807, 2.05) is 48.5 Å². The van der Waals surface area contributed by atoms with Crippen molar-refractivity contribution in [2.45, 2.75) is 12.5 Å². The van der Waals surface area contributed by atoms with Gasteiger partial charge >= 0.3 is 5.69 Å². The van der Waals surface area contributed by atoms with Crippen molar-refractivity contribution in [2.75, 3.05) is 6.54 Å².